The largest absolute Gasteiger partial charge is 0.465 e. The second kappa shape index (κ2) is 4.85. The molecule has 1 aromatic carbocycles. The lowest BCUT2D eigenvalue weighted by molar-refractivity contribution is 0.0602. The average molecular weight is 265 g/mol. The highest BCUT2D eigenvalue weighted by Gasteiger charge is 2.21. The first-order chi connectivity index (χ1) is 9.74. The number of ether oxygens (including phenoxy) is 1. The number of methoxy groups -OCH3 is 1. The number of rotatable bonds is 2. The van der Waals surface area contributed by atoms with Crippen molar-refractivity contribution in [3.63, 3.8) is 0 Å². The molecule has 0 atom stereocenters. The van der Waals surface area contributed by atoms with Gasteiger partial charge in [0.25, 0.3) is 0 Å². The van der Waals surface area contributed by atoms with E-state index in [2.05, 4.69) is 0 Å². The van der Waals surface area contributed by atoms with Gasteiger partial charge in [-0.25, -0.2) is 4.79 Å². The molecule has 0 fully saturated rings. The Morgan fingerprint density at radius 3 is 2.45 bits per heavy atom. The van der Waals surface area contributed by atoms with Gasteiger partial charge in [0, 0.05) is 6.20 Å². The second-order valence-electron chi connectivity index (χ2n) is 4.66. The lowest BCUT2D eigenvalue weighted by Crippen LogP contribution is -2.02. The fourth-order valence-corrected chi connectivity index (χ4v) is 2.64. The highest BCUT2D eigenvalue weighted by molar-refractivity contribution is 6.01. The van der Waals surface area contributed by atoms with E-state index in [0.717, 1.165) is 22.3 Å². The van der Waals surface area contributed by atoms with Crippen molar-refractivity contribution in [1.82, 2.24) is 4.40 Å². The number of carbonyl (C=O) groups is 1. The Hall–Kier alpha value is -2.55. The SMILES string of the molecule is COC(=O)c1c(C)c(-c2ccccc2)n2ccccc12. The van der Waals surface area contributed by atoms with Gasteiger partial charge in [-0.2, -0.15) is 0 Å². The molecule has 0 saturated heterocycles. The smallest absolute Gasteiger partial charge is 0.340 e. The number of hydrogen-bond acceptors (Lipinski definition) is 2. The number of carbonyl (C=O) groups excluding carboxylic acids is 1. The summed E-state index contributed by atoms with van der Waals surface area (Å²) in [6.45, 7) is 1.96. The number of hydrogen-bond donors (Lipinski definition) is 0. The van der Waals surface area contributed by atoms with Gasteiger partial charge in [-0.3, -0.25) is 0 Å². The van der Waals surface area contributed by atoms with E-state index < -0.39 is 0 Å². The summed E-state index contributed by atoms with van der Waals surface area (Å²) in [5.41, 5.74) is 4.56. The highest BCUT2D eigenvalue weighted by Crippen LogP contribution is 2.31. The van der Waals surface area contributed by atoms with Crippen LogP contribution >= 0.6 is 0 Å². The normalized spacial score (nSPS) is 10.7. The van der Waals surface area contributed by atoms with Gasteiger partial charge in [0.1, 0.15) is 0 Å². The minimum atomic E-state index is -0.298. The highest BCUT2D eigenvalue weighted by atomic mass is 16.5. The van der Waals surface area contributed by atoms with Crippen molar-refractivity contribution < 1.29 is 9.53 Å². The van der Waals surface area contributed by atoms with Crippen LogP contribution in [-0.2, 0) is 4.74 Å². The van der Waals surface area contributed by atoms with Crippen molar-refractivity contribution >= 4 is 11.5 Å². The topological polar surface area (TPSA) is 30.7 Å². The molecule has 2 aromatic heterocycles. The molecule has 0 unspecified atom stereocenters. The number of pyridine rings is 1. The molecule has 3 nitrogen and oxygen atoms in total. The van der Waals surface area contributed by atoms with Crippen LogP contribution in [0.15, 0.2) is 54.7 Å². The molecular weight excluding hydrogens is 250 g/mol. The van der Waals surface area contributed by atoms with Crippen molar-refractivity contribution in [3.05, 3.63) is 65.9 Å². The minimum Gasteiger partial charge on any atom is -0.465 e. The standard InChI is InChI=1S/C17H15NO2/c1-12-15(17(19)20-2)14-10-6-7-11-18(14)16(12)13-8-4-3-5-9-13/h3-11H,1-2H3. The fourth-order valence-electron chi connectivity index (χ4n) is 2.64. The first-order valence-corrected chi connectivity index (χ1v) is 6.47. The van der Waals surface area contributed by atoms with Crippen molar-refractivity contribution in [2.45, 2.75) is 6.92 Å². The van der Waals surface area contributed by atoms with Crippen LogP contribution in [0.2, 0.25) is 0 Å². The lowest BCUT2D eigenvalue weighted by atomic mass is 10.1. The zero-order valence-electron chi connectivity index (χ0n) is 11.5. The van der Waals surface area contributed by atoms with Gasteiger partial charge in [0.05, 0.1) is 23.9 Å². The molecule has 0 spiro atoms. The summed E-state index contributed by atoms with van der Waals surface area (Å²) in [4.78, 5) is 12.1. The van der Waals surface area contributed by atoms with Crippen molar-refractivity contribution in [2.24, 2.45) is 0 Å². The van der Waals surface area contributed by atoms with Gasteiger partial charge in [0.15, 0.2) is 0 Å². The summed E-state index contributed by atoms with van der Waals surface area (Å²) in [7, 11) is 1.41. The van der Waals surface area contributed by atoms with Gasteiger partial charge in [-0.05, 0) is 30.2 Å². The first-order valence-electron chi connectivity index (χ1n) is 6.47. The van der Waals surface area contributed by atoms with Gasteiger partial charge in [-0.15, -0.1) is 0 Å². The predicted molar refractivity (Wildman–Crippen MR) is 78.9 cm³/mol. The molecule has 0 aliphatic heterocycles. The van der Waals surface area contributed by atoms with Gasteiger partial charge >= 0.3 is 5.97 Å². The number of aromatic nitrogens is 1. The van der Waals surface area contributed by atoms with E-state index in [1.807, 2.05) is 66.1 Å². The zero-order valence-corrected chi connectivity index (χ0v) is 11.5. The van der Waals surface area contributed by atoms with E-state index in [1.165, 1.54) is 7.11 Å². The molecule has 100 valence electrons. The van der Waals surface area contributed by atoms with E-state index in [0.29, 0.717) is 5.56 Å². The van der Waals surface area contributed by atoms with Gasteiger partial charge < -0.3 is 9.14 Å². The molecule has 0 radical (unpaired) electrons. The van der Waals surface area contributed by atoms with Gasteiger partial charge in [0.2, 0.25) is 0 Å². The molecule has 3 rings (SSSR count). The summed E-state index contributed by atoms with van der Waals surface area (Å²) >= 11 is 0. The van der Waals surface area contributed by atoms with Crippen LogP contribution in [0.5, 0.6) is 0 Å². The summed E-state index contributed by atoms with van der Waals surface area (Å²) in [6.07, 6.45) is 1.97. The molecule has 3 heteroatoms. The third kappa shape index (κ3) is 1.79. The number of fused-ring (bicyclic) bond motifs is 1. The Morgan fingerprint density at radius 2 is 1.75 bits per heavy atom. The molecule has 2 heterocycles. The maximum absolute atomic E-state index is 12.1. The predicted octanol–water partition coefficient (Wildman–Crippen LogP) is 3.70. The molecule has 0 bridgehead atoms. The first kappa shape index (κ1) is 12.5. The number of benzene rings is 1. The minimum absolute atomic E-state index is 0.298. The molecule has 20 heavy (non-hydrogen) atoms. The summed E-state index contributed by atoms with van der Waals surface area (Å²) in [6, 6.07) is 15.9. The summed E-state index contributed by atoms with van der Waals surface area (Å²) in [5.74, 6) is -0.298. The Balaban J connectivity index is 2.39. The van der Waals surface area contributed by atoms with Crippen LogP contribution in [-0.4, -0.2) is 17.5 Å². The lowest BCUT2D eigenvalue weighted by Gasteiger charge is -2.04. The van der Waals surface area contributed by atoms with Crippen molar-refractivity contribution in [2.75, 3.05) is 7.11 Å². The zero-order chi connectivity index (χ0) is 14.1. The second-order valence-corrected chi connectivity index (χ2v) is 4.66. The van der Waals surface area contributed by atoms with Crippen LogP contribution < -0.4 is 0 Å². The summed E-state index contributed by atoms with van der Waals surface area (Å²) < 4.78 is 6.96. The summed E-state index contributed by atoms with van der Waals surface area (Å²) in [5, 5.41) is 0. The van der Waals surface area contributed by atoms with E-state index in [9.17, 15) is 4.79 Å². The average Bonchev–Trinajstić information content (AvgIpc) is 2.79. The van der Waals surface area contributed by atoms with Crippen LogP contribution in [0, 0.1) is 6.92 Å². The molecular formula is C17H15NO2. The van der Waals surface area contributed by atoms with Crippen LogP contribution in [0.25, 0.3) is 16.8 Å². The molecule has 0 amide bonds. The van der Waals surface area contributed by atoms with Crippen LogP contribution in [0.1, 0.15) is 15.9 Å². The number of nitrogens with zero attached hydrogens (tertiary/aromatic N) is 1. The molecule has 0 aliphatic rings. The van der Waals surface area contributed by atoms with E-state index >= 15 is 0 Å². The van der Waals surface area contributed by atoms with Crippen molar-refractivity contribution in [3.8, 4) is 11.3 Å². The fraction of sp³-hybridized carbons (Fsp3) is 0.118. The molecule has 0 aliphatic carbocycles. The van der Waals surface area contributed by atoms with Gasteiger partial charge in [-0.1, -0.05) is 36.4 Å². The Morgan fingerprint density at radius 1 is 1.05 bits per heavy atom. The third-order valence-corrected chi connectivity index (χ3v) is 3.52. The van der Waals surface area contributed by atoms with E-state index in [1.54, 1.807) is 0 Å². The maximum atomic E-state index is 12.1. The van der Waals surface area contributed by atoms with Crippen LogP contribution in [0.3, 0.4) is 0 Å². The van der Waals surface area contributed by atoms with E-state index in [4.69, 9.17) is 4.74 Å². The Bertz CT molecular complexity index is 772. The molecule has 0 N–H and O–H groups in total. The quantitative estimate of drug-likeness (QED) is 0.661. The maximum Gasteiger partial charge on any atom is 0.340 e. The van der Waals surface area contributed by atoms with E-state index in [-0.39, 0.29) is 5.97 Å². The molecule has 3 aromatic rings. The Kier molecular flexibility index (Phi) is 3.03. The molecule has 0 saturated carbocycles. The third-order valence-electron chi connectivity index (χ3n) is 3.52. The Labute approximate surface area is 117 Å². The monoisotopic (exact) mass is 265 g/mol. The van der Waals surface area contributed by atoms with Crippen molar-refractivity contribution in [1.29, 1.82) is 0 Å². The van der Waals surface area contributed by atoms with Crippen LogP contribution in [0.4, 0.5) is 0 Å². The number of esters is 1.